The molecule has 1 heterocycles. The highest BCUT2D eigenvalue weighted by Gasteiger charge is 2.13. The van der Waals surface area contributed by atoms with E-state index in [0.717, 1.165) is 38.0 Å². The van der Waals surface area contributed by atoms with Crippen LogP contribution in [-0.4, -0.2) is 18.1 Å². The van der Waals surface area contributed by atoms with Gasteiger partial charge in [0.25, 0.3) is 0 Å². The molecule has 3 rings (SSSR count). The van der Waals surface area contributed by atoms with Gasteiger partial charge in [0.1, 0.15) is 0 Å². The number of benzene rings is 2. The molecule has 0 bridgehead atoms. The van der Waals surface area contributed by atoms with E-state index in [1.165, 1.54) is 57.5 Å². The van der Waals surface area contributed by atoms with Crippen LogP contribution in [0.5, 0.6) is 0 Å². The largest absolute Gasteiger partial charge is 0.372 e. The van der Waals surface area contributed by atoms with Gasteiger partial charge < -0.3 is 4.90 Å². The summed E-state index contributed by atoms with van der Waals surface area (Å²) in [5.74, 6) is 0. The Morgan fingerprint density at radius 2 is 1.28 bits per heavy atom. The smallest absolute Gasteiger partial charge is 0.0451 e. The van der Waals surface area contributed by atoms with Crippen LogP contribution >= 0.6 is 0 Å². The first-order chi connectivity index (χ1) is 15.6. The van der Waals surface area contributed by atoms with Crippen molar-refractivity contribution in [3.8, 4) is 22.3 Å². The number of hydrogen-bond acceptors (Lipinski definition) is 2. The SMILES string of the molecule is CCCN(CCC)c1ccc(-c2cnc(C)c(-c3cc(CC)c(CC)c(CC)c3)c2)cc1. The Morgan fingerprint density at radius 3 is 1.78 bits per heavy atom. The summed E-state index contributed by atoms with van der Waals surface area (Å²) in [6, 6.07) is 16.1. The van der Waals surface area contributed by atoms with Crippen molar-refractivity contribution in [3.05, 3.63) is 71.0 Å². The predicted octanol–water partition coefficient (Wildman–Crippen LogP) is 8.04. The third-order valence-corrected chi connectivity index (χ3v) is 6.50. The average molecular weight is 429 g/mol. The minimum Gasteiger partial charge on any atom is -0.372 e. The molecule has 0 radical (unpaired) electrons. The topological polar surface area (TPSA) is 16.1 Å². The summed E-state index contributed by atoms with van der Waals surface area (Å²) in [7, 11) is 0. The fourth-order valence-corrected chi connectivity index (χ4v) is 4.80. The Morgan fingerprint density at radius 1 is 0.688 bits per heavy atom. The fourth-order valence-electron chi connectivity index (χ4n) is 4.80. The van der Waals surface area contributed by atoms with Crippen molar-refractivity contribution in [2.45, 2.75) is 73.6 Å². The van der Waals surface area contributed by atoms with Gasteiger partial charge in [-0.15, -0.1) is 0 Å². The van der Waals surface area contributed by atoms with E-state index >= 15 is 0 Å². The van der Waals surface area contributed by atoms with Gasteiger partial charge >= 0.3 is 0 Å². The van der Waals surface area contributed by atoms with E-state index in [4.69, 9.17) is 4.98 Å². The molecule has 0 fully saturated rings. The molecule has 0 atom stereocenters. The Balaban J connectivity index is 1.99. The molecular formula is C30H40N2. The average Bonchev–Trinajstić information content (AvgIpc) is 2.83. The molecule has 0 N–H and O–H groups in total. The van der Waals surface area contributed by atoms with Crippen LogP contribution in [0.4, 0.5) is 5.69 Å². The second-order valence-corrected chi connectivity index (χ2v) is 8.72. The van der Waals surface area contributed by atoms with Crippen LogP contribution < -0.4 is 4.90 Å². The zero-order valence-corrected chi connectivity index (χ0v) is 21.0. The summed E-state index contributed by atoms with van der Waals surface area (Å²) in [5.41, 5.74) is 11.8. The molecule has 170 valence electrons. The number of pyridine rings is 1. The zero-order chi connectivity index (χ0) is 23.1. The monoisotopic (exact) mass is 428 g/mol. The number of nitrogens with zero attached hydrogens (tertiary/aromatic N) is 2. The van der Waals surface area contributed by atoms with Crippen molar-refractivity contribution in [1.29, 1.82) is 0 Å². The summed E-state index contributed by atoms with van der Waals surface area (Å²) in [5, 5.41) is 0. The lowest BCUT2D eigenvalue weighted by Crippen LogP contribution is -2.24. The van der Waals surface area contributed by atoms with Gasteiger partial charge in [0.2, 0.25) is 0 Å². The molecule has 1 aromatic heterocycles. The molecule has 0 aliphatic heterocycles. The maximum atomic E-state index is 4.79. The molecule has 3 aromatic rings. The molecule has 0 unspecified atom stereocenters. The Hall–Kier alpha value is -2.61. The summed E-state index contributed by atoms with van der Waals surface area (Å²) < 4.78 is 0. The lowest BCUT2D eigenvalue weighted by atomic mass is 9.89. The van der Waals surface area contributed by atoms with Crippen molar-refractivity contribution in [2.75, 3.05) is 18.0 Å². The van der Waals surface area contributed by atoms with Crippen LogP contribution in [-0.2, 0) is 19.3 Å². The van der Waals surface area contributed by atoms with Crippen molar-refractivity contribution in [2.24, 2.45) is 0 Å². The molecule has 0 saturated heterocycles. The van der Waals surface area contributed by atoms with Crippen LogP contribution in [0.2, 0.25) is 0 Å². The Labute approximate surface area is 195 Å². The van der Waals surface area contributed by atoms with Gasteiger partial charge in [0, 0.05) is 41.8 Å². The molecule has 0 aliphatic carbocycles. The first-order valence-electron chi connectivity index (χ1n) is 12.5. The predicted molar refractivity (Wildman–Crippen MR) is 141 cm³/mol. The van der Waals surface area contributed by atoms with Gasteiger partial charge in [-0.3, -0.25) is 4.98 Å². The van der Waals surface area contributed by atoms with Crippen LogP contribution in [0.3, 0.4) is 0 Å². The van der Waals surface area contributed by atoms with Crippen molar-refractivity contribution < 1.29 is 0 Å². The summed E-state index contributed by atoms with van der Waals surface area (Å²) in [4.78, 5) is 7.27. The molecule has 32 heavy (non-hydrogen) atoms. The number of aryl methyl sites for hydroxylation is 3. The highest BCUT2D eigenvalue weighted by atomic mass is 15.1. The van der Waals surface area contributed by atoms with Gasteiger partial charge in [-0.2, -0.15) is 0 Å². The van der Waals surface area contributed by atoms with Crippen molar-refractivity contribution >= 4 is 5.69 Å². The van der Waals surface area contributed by atoms with Crippen LogP contribution in [0, 0.1) is 6.92 Å². The maximum Gasteiger partial charge on any atom is 0.0451 e. The number of anilines is 1. The van der Waals surface area contributed by atoms with Gasteiger partial charge in [-0.25, -0.2) is 0 Å². The number of aromatic nitrogens is 1. The first kappa shape index (κ1) is 24.0. The minimum atomic E-state index is 1.07. The molecule has 2 aromatic carbocycles. The Bertz CT molecular complexity index is 986. The third kappa shape index (κ3) is 5.23. The highest BCUT2D eigenvalue weighted by Crippen LogP contribution is 2.32. The van der Waals surface area contributed by atoms with Crippen LogP contribution in [0.15, 0.2) is 48.7 Å². The quantitative estimate of drug-likeness (QED) is 0.325. The number of rotatable bonds is 10. The zero-order valence-electron chi connectivity index (χ0n) is 21.0. The fraction of sp³-hybridized carbons (Fsp3) is 0.433. The summed E-state index contributed by atoms with van der Waals surface area (Å²) in [6.07, 6.45) is 7.61. The molecule has 2 nitrogen and oxygen atoms in total. The van der Waals surface area contributed by atoms with E-state index in [1.807, 2.05) is 6.20 Å². The second-order valence-electron chi connectivity index (χ2n) is 8.72. The summed E-state index contributed by atoms with van der Waals surface area (Å²) in [6.45, 7) is 15.6. The lowest BCUT2D eigenvalue weighted by molar-refractivity contribution is 0.745. The van der Waals surface area contributed by atoms with E-state index in [-0.39, 0.29) is 0 Å². The second kappa shape index (κ2) is 11.3. The van der Waals surface area contributed by atoms with E-state index in [2.05, 4.69) is 88.9 Å². The van der Waals surface area contributed by atoms with Gasteiger partial charge in [-0.05, 0) is 85.0 Å². The molecular weight excluding hydrogens is 388 g/mol. The van der Waals surface area contributed by atoms with Crippen molar-refractivity contribution in [1.82, 2.24) is 4.98 Å². The van der Waals surface area contributed by atoms with E-state index in [1.54, 1.807) is 0 Å². The van der Waals surface area contributed by atoms with Gasteiger partial charge in [0.05, 0.1) is 0 Å². The van der Waals surface area contributed by atoms with Crippen LogP contribution in [0.1, 0.15) is 69.8 Å². The molecule has 2 heteroatoms. The van der Waals surface area contributed by atoms with Crippen LogP contribution in [0.25, 0.3) is 22.3 Å². The first-order valence-corrected chi connectivity index (χ1v) is 12.5. The maximum absolute atomic E-state index is 4.79. The molecule has 0 amide bonds. The van der Waals surface area contributed by atoms with Gasteiger partial charge in [-0.1, -0.05) is 58.9 Å². The number of hydrogen-bond donors (Lipinski definition) is 0. The standard InChI is InChI=1S/C30H40N2/c1-7-16-32(17-8-2)28-14-12-25(13-15-28)27-20-30(22(6)31-21-27)26-18-23(9-3)29(11-5)24(10-4)19-26/h12-15,18-21H,7-11,16-17H2,1-6H3. The third-order valence-electron chi connectivity index (χ3n) is 6.50. The van der Waals surface area contributed by atoms with E-state index in [0.29, 0.717) is 0 Å². The van der Waals surface area contributed by atoms with E-state index in [9.17, 15) is 0 Å². The normalized spacial score (nSPS) is 11.1. The molecule has 0 saturated carbocycles. The van der Waals surface area contributed by atoms with Crippen molar-refractivity contribution in [3.63, 3.8) is 0 Å². The van der Waals surface area contributed by atoms with Gasteiger partial charge in [0.15, 0.2) is 0 Å². The molecule has 0 spiro atoms. The molecule has 0 aliphatic rings. The summed E-state index contributed by atoms with van der Waals surface area (Å²) >= 11 is 0. The Kier molecular flexibility index (Phi) is 8.50. The lowest BCUT2D eigenvalue weighted by Gasteiger charge is -2.24. The highest BCUT2D eigenvalue weighted by molar-refractivity contribution is 5.75. The minimum absolute atomic E-state index is 1.07. The van der Waals surface area contributed by atoms with E-state index < -0.39 is 0 Å².